The molecular weight excluding hydrogens is 331 g/mol. The number of rotatable bonds is 2. The normalized spacial score (nSPS) is 22.1. The van der Waals surface area contributed by atoms with Crippen LogP contribution >= 0.6 is 11.6 Å². The monoisotopic (exact) mass is 346 g/mol. The highest BCUT2D eigenvalue weighted by Gasteiger charge is 2.45. The molecule has 0 spiro atoms. The first-order valence-electron chi connectivity index (χ1n) is 7.98. The van der Waals surface area contributed by atoms with Crippen molar-refractivity contribution in [3.63, 3.8) is 0 Å². The molecule has 2 aromatic rings. The van der Waals surface area contributed by atoms with Crippen molar-refractivity contribution in [1.82, 2.24) is 9.97 Å². The third-order valence-corrected chi connectivity index (χ3v) is 4.93. The number of carbonyl (C=O) groups is 1. The maximum absolute atomic E-state index is 13.2. The lowest BCUT2D eigenvalue weighted by Gasteiger charge is -2.34. The Labute approximate surface area is 143 Å². The van der Waals surface area contributed by atoms with Crippen molar-refractivity contribution in [1.29, 1.82) is 0 Å². The van der Waals surface area contributed by atoms with Gasteiger partial charge in [-0.2, -0.15) is 4.98 Å². The minimum atomic E-state index is -0.362. The van der Waals surface area contributed by atoms with E-state index in [4.69, 9.17) is 11.6 Å². The first-order valence-corrected chi connectivity index (χ1v) is 8.35. The number of benzene rings is 1. The first-order chi connectivity index (χ1) is 11.6. The Morgan fingerprint density at radius 3 is 2.79 bits per heavy atom. The summed E-state index contributed by atoms with van der Waals surface area (Å²) in [4.78, 5) is 23.3. The van der Waals surface area contributed by atoms with Crippen LogP contribution in [-0.4, -0.2) is 28.5 Å². The van der Waals surface area contributed by atoms with Crippen molar-refractivity contribution in [3.05, 3.63) is 46.6 Å². The lowest BCUT2D eigenvalue weighted by atomic mass is 9.90. The maximum Gasteiger partial charge on any atom is 0.247 e. The van der Waals surface area contributed by atoms with Crippen LogP contribution in [0.2, 0.25) is 5.28 Å². The van der Waals surface area contributed by atoms with Gasteiger partial charge in [-0.15, -0.1) is 0 Å². The number of carbonyl (C=O) groups excluding carboxylic acids is 1. The molecule has 1 saturated heterocycles. The van der Waals surface area contributed by atoms with Gasteiger partial charge in [0.2, 0.25) is 11.2 Å². The van der Waals surface area contributed by atoms with E-state index >= 15 is 0 Å². The van der Waals surface area contributed by atoms with Gasteiger partial charge in [0.05, 0.1) is 5.69 Å². The van der Waals surface area contributed by atoms with E-state index in [2.05, 4.69) is 15.3 Å². The van der Waals surface area contributed by atoms with Gasteiger partial charge in [-0.25, -0.2) is 9.37 Å². The Kier molecular flexibility index (Phi) is 3.64. The molecule has 1 N–H and O–H groups in total. The quantitative estimate of drug-likeness (QED) is 0.849. The average molecular weight is 347 g/mol. The van der Waals surface area contributed by atoms with E-state index in [1.165, 1.54) is 12.1 Å². The van der Waals surface area contributed by atoms with E-state index in [1.54, 1.807) is 12.1 Å². The molecule has 2 aliphatic heterocycles. The van der Waals surface area contributed by atoms with Crippen molar-refractivity contribution in [2.75, 3.05) is 16.8 Å². The Morgan fingerprint density at radius 1 is 1.33 bits per heavy atom. The minimum Gasteiger partial charge on any atom is -0.342 e. The Morgan fingerprint density at radius 2 is 2.08 bits per heavy atom. The van der Waals surface area contributed by atoms with E-state index in [1.807, 2.05) is 11.8 Å². The van der Waals surface area contributed by atoms with Crippen LogP contribution in [0.4, 0.5) is 15.9 Å². The molecule has 0 saturated carbocycles. The molecule has 4 rings (SSSR count). The van der Waals surface area contributed by atoms with Gasteiger partial charge in [-0.05, 0) is 42.1 Å². The fraction of sp³-hybridized carbons (Fsp3) is 0.353. The van der Waals surface area contributed by atoms with Crippen molar-refractivity contribution >= 4 is 29.0 Å². The van der Waals surface area contributed by atoms with Gasteiger partial charge in [0, 0.05) is 12.5 Å². The van der Waals surface area contributed by atoms with Gasteiger partial charge in [-0.3, -0.25) is 4.79 Å². The number of anilines is 2. The average Bonchev–Trinajstić information content (AvgIpc) is 3.02. The van der Waals surface area contributed by atoms with E-state index in [0.29, 0.717) is 24.5 Å². The molecule has 1 aromatic carbocycles. The predicted octanol–water partition coefficient (Wildman–Crippen LogP) is 3.15. The van der Waals surface area contributed by atoms with E-state index < -0.39 is 0 Å². The molecular formula is C17H16ClFN4O. The van der Waals surface area contributed by atoms with Crippen LogP contribution in [-0.2, 0) is 11.2 Å². The number of nitrogens with one attached hydrogen (secondary N) is 1. The number of aromatic nitrogens is 2. The fourth-order valence-electron chi connectivity index (χ4n) is 3.67. The van der Waals surface area contributed by atoms with Crippen molar-refractivity contribution in [2.45, 2.75) is 31.7 Å². The number of nitrogens with zero attached hydrogens (tertiary/aromatic N) is 3. The molecule has 2 atom stereocenters. The third-order valence-electron chi connectivity index (χ3n) is 4.76. The summed E-state index contributed by atoms with van der Waals surface area (Å²) < 4.78 is 13.2. The summed E-state index contributed by atoms with van der Waals surface area (Å²) in [6.07, 6.45) is 1.46. The lowest BCUT2D eigenvalue weighted by molar-refractivity contribution is -0.117. The topological polar surface area (TPSA) is 58.1 Å². The maximum atomic E-state index is 13.2. The Balaban J connectivity index is 1.76. The molecule has 2 unspecified atom stereocenters. The van der Waals surface area contributed by atoms with Crippen LogP contribution in [0.3, 0.4) is 0 Å². The van der Waals surface area contributed by atoms with Crippen LogP contribution in [0.15, 0.2) is 24.3 Å². The fourth-order valence-corrected chi connectivity index (χ4v) is 3.85. The summed E-state index contributed by atoms with van der Waals surface area (Å²) in [6.45, 7) is 2.66. The van der Waals surface area contributed by atoms with Crippen LogP contribution in [0, 0.1) is 5.82 Å². The largest absolute Gasteiger partial charge is 0.342 e. The van der Waals surface area contributed by atoms with Crippen molar-refractivity contribution in [3.8, 4) is 0 Å². The zero-order chi connectivity index (χ0) is 16.8. The van der Waals surface area contributed by atoms with E-state index in [-0.39, 0.29) is 29.0 Å². The second-order valence-electron chi connectivity index (χ2n) is 6.07. The molecule has 1 aromatic heterocycles. The van der Waals surface area contributed by atoms with E-state index in [9.17, 15) is 9.18 Å². The Bertz CT molecular complexity index is 811. The Hall–Kier alpha value is -2.21. The molecule has 1 amide bonds. The number of hydrogen-bond acceptors (Lipinski definition) is 4. The molecule has 0 radical (unpaired) electrons. The third kappa shape index (κ3) is 2.33. The number of fused-ring (bicyclic) bond motifs is 3. The minimum absolute atomic E-state index is 0.00225. The van der Waals surface area contributed by atoms with Crippen LogP contribution in [0.25, 0.3) is 0 Å². The van der Waals surface area contributed by atoms with Gasteiger partial charge in [0.25, 0.3) is 0 Å². The van der Waals surface area contributed by atoms with E-state index in [0.717, 1.165) is 17.7 Å². The number of hydrogen-bond donors (Lipinski definition) is 1. The second-order valence-corrected chi connectivity index (χ2v) is 6.40. The number of amides is 1. The molecule has 24 heavy (non-hydrogen) atoms. The highest BCUT2D eigenvalue weighted by molar-refractivity contribution is 6.28. The van der Waals surface area contributed by atoms with Crippen LogP contribution in [0.5, 0.6) is 0 Å². The highest BCUT2D eigenvalue weighted by atomic mass is 35.5. The molecule has 0 bridgehead atoms. The molecule has 7 heteroatoms. The molecule has 5 nitrogen and oxygen atoms in total. The van der Waals surface area contributed by atoms with Gasteiger partial charge in [0.15, 0.2) is 5.82 Å². The second kappa shape index (κ2) is 5.70. The first kappa shape index (κ1) is 15.3. The zero-order valence-corrected chi connectivity index (χ0v) is 13.8. The molecule has 2 aliphatic rings. The molecule has 1 fully saturated rings. The summed E-state index contributed by atoms with van der Waals surface area (Å²) in [5.74, 6) is 0.327. The summed E-state index contributed by atoms with van der Waals surface area (Å²) >= 11 is 6.05. The summed E-state index contributed by atoms with van der Waals surface area (Å²) in [7, 11) is 0. The van der Waals surface area contributed by atoms with Crippen LogP contribution in [0.1, 0.15) is 30.5 Å². The van der Waals surface area contributed by atoms with Crippen LogP contribution < -0.4 is 10.2 Å². The van der Waals surface area contributed by atoms with Gasteiger partial charge >= 0.3 is 0 Å². The highest BCUT2D eigenvalue weighted by Crippen LogP contribution is 2.43. The standard InChI is InChI=1S/C17H16ClFN4O/c1-2-12-13-15(22-17(18)20-12)23-8-7-11(14(23)16(24)21-13)9-3-5-10(19)6-4-9/h3-6,11,14H,2,7-8H2,1H3,(H,21,24). The summed E-state index contributed by atoms with van der Waals surface area (Å²) in [5, 5.41) is 3.14. The predicted molar refractivity (Wildman–Crippen MR) is 89.9 cm³/mol. The number of halogens is 2. The zero-order valence-electron chi connectivity index (χ0n) is 13.1. The summed E-state index contributed by atoms with van der Waals surface area (Å²) in [6, 6.07) is 5.99. The van der Waals surface area contributed by atoms with Gasteiger partial charge in [-0.1, -0.05) is 19.1 Å². The number of aryl methyl sites for hydroxylation is 1. The lowest BCUT2D eigenvalue weighted by Crippen LogP contribution is -2.47. The SMILES string of the molecule is CCc1nc(Cl)nc2c1NC(=O)C1C(c3ccc(F)cc3)CCN21. The summed E-state index contributed by atoms with van der Waals surface area (Å²) in [5.41, 5.74) is 2.35. The molecule has 124 valence electrons. The smallest absolute Gasteiger partial charge is 0.247 e. The van der Waals surface area contributed by atoms with Gasteiger partial charge in [0.1, 0.15) is 17.5 Å². The molecule has 3 heterocycles. The van der Waals surface area contributed by atoms with Crippen molar-refractivity contribution in [2.24, 2.45) is 0 Å². The molecule has 0 aliphatic carbocycles. The van der Waals surface area contributed by atoms with Crippen molar-refractivity contribution < 1.29 is 9.18 Å². The van der Waals surface area contributed by atoms with Gasteiger partial charge < -0.3 is 10.2 Å².